The molecule has 6 nitrogen and oxygen atoms in total. The standard InChI is InChI=1S/C22H29N3O3/c1-16-5-4-10-25(15-16)19-12-18(13-23-14-19)22(26)24-9-8-17-6-7-20(27-2)21(11-17)28-3/h6-7,11-14,16H,4-5,8-10,15H2,1-3H3,(H,24,26). The number of nitrogens with one attached hydrogen (secondary N) is 1. The Morgan fingerprint density at radius 2 is 2.04 bits per heavy atom. The number of pyridine rings is 1. The Kier molecular flexibility index (Phi) is 6.74. The van der Waals surface area contributed by atoms with Gasteiger partial charge in [0.05, 0.1) is 31.7 Å². The average molecular weight is 383 g/mol. The first-order valence-electron chi connectivity index (χ1n) is 9.80. The predicted octanol–water partition coefficient (Wildman–Crippen LogP) is 3.31. The summed E-state index contributed by atoms with van der Waals surface area (Å²) in [6.07, 6.45) is 6.63. The fraction of sp³-hybridized carbons (Fsp3) is 0.455. The van der Waals surface area contributed by atoms with Crippen LogP contribution in [0, 0.1) is 5.92 Å². The highest BCUT2D eigenvalue weighted by Crippen LogP contribution is 2.27. The Labute approximate surface area is 166 Å². The highest BCUT2D eigenvalue weighted by Gasteiger charge is 2.18. The van der Waals surface area contributed by atoms with Crippen molar-refractivity contribution in [2.45, 2.75) is 26.2 Å². The summed E-state index contributed by atoms with van der Waals surface area (Å²) >= 11 is 0. The zero-order valence-corrected chi connectivity index (χ0v) is 16.9. The lowest BCUT2D eigenvalue weighted by molar-refractivity contribution is 0.0954. The molecule has 1 saturated heterocycles. The number of rotatable bonds is 7. The Morgan fingerprint density at radius 1 is 1.21 bits per heavy atom. The topological polar surface area (TPSA) is 63.7 Å². The second kappa shape index (κ2) is 9.44. The van der Waals surface area contributed by atoms with Gasteiger partial charge in [0.25, 0.3) is 5.91 Å². The molecule has 0 radical (unpaired) electrons. The van der Waals surface area contributed by atoms with E-state index in [4.69, 9.17) is 9.47 Å². The molecule has 3 rings (SSSR count). The number of aromatic nitrogens is 1. The van der Waals surface area contributed by atoms with Crippen LogP contribution >= 0.6 is 0 Å². The number of anilines is 1. The van der Waals surface area contributed by atoms with Crippen LogP contribution in [0.15, 0.2) is 36.7 Å². The first kappa shape index (κ1) is 20.0. The summed E-state index contributed by atoms with van der Waals surface area (Å²) in [5, 5.41) is 2.98. The predicted molar refractivity (Wildman–Crippen MR) is 110 cm³/mol. The van der Waals surface area contributed by atoms with Crippen LogP contribution in [0.3, 0.4) is 0 Å². The number of carbonyl (C=O) groups excluding carboxylic acids is 1. The van der Waals surface area contributed by atoms with Crippen molar-refractivity contribution in [2.75, 3.05) is 38.8 Å². The quantitative estimate of drug-likeness (QED) is 0.795. The molecule has 2 heterocycles. The van der Waals surface area contributed by atoms with E-state index < -0.39 is 0 Å². The van der Waals surface area contributed by atoms with Gasteiger partial charge in [-0.3, -0.25) is 9.78 Å². The van der Waals surface area contributed by atoms with E-state index >= 15 is 0 Å². The van der Waals surface area contributed by atoms with Crippen molar-refractivity contribution in [1.29, 1.82) is 0 Å². The van der Waals surface area contributed by atoms with Crippen LogP contribution in [0.25, 0.3) is 0 Å². The maximum atomic E-state index is 12.5. The molecule has 1 fully saturated rings. The van der Waals surface area contributed by atoms with E-state index in [0.717, 1.165) is 24.3 Å². The molecule has 1 N–H and O–H groups in total. The number of hydrogen-bond acceptors (Lipinski definition) is 5. The third kappa shape index (κ3) is 4.94. The number of benzene rings is 1. The van der Waals surface area contributed by atoms with Crippen molar-refractivity contribution >= 4 is 11.6 Å². The molecule has 150 valence electrons. The van der Waals surface area contributed by atoms with E-state index in [1.165, 1.54) is 12.8 Å². The van der Waals surface area contributed by atoms with Gasteiger partial charge in [0.1, 0.15) is 0 Å². The van der Waals surface area contributed by atoms with Gasteiger partial charge < -0.3 is 19.7 Å². The lowest BCUT2D eigenvalue weighted by Crippen LogP contribution is -2.34. The minimum atomic E-state index is -0.0973. The number of piperidine rings is 1. The van der Waals surface area contributed by atoms with E-state index in [1.54, 1.807) is 20.4 Å². The van der Waals surface area contributed by atoms with Gasteiger partial charge in [-0.05, 0) is 48.9 Å². The Hall–Kier alpha value is -2.76. The van der Waals surface area contributed by atoms with Crippen LogP contribution in [0.2, 0.25) is 0 Å². The van der Waals surface area contributed by atoms with Gasteiger partial charge in [-0.2, -0.15) is 0 Å². The van der Waals surface area contributed by atoms with Gasteiger partial charge in [0.15, 0.2) is 11.5 Å². The van der Waals surface area contributed by atoms with Gasteiger partial charge in [-0.1, -0.05) is 13.0 Å². The van der Waals surface area contributed by atoms with Crippen molar-refractivity contribution in [2.24, 2.45) is 5.92 Å². The van der Waals surface area contributed by atoms with E-state index in [1.807, 2.05) is 30.5 Å². The van der Waals surface area contributed by atoms with Crippen molar-refractivity contribution < 1.29 is 14.3 Å². The number of amides is 1. The maximum absolute atomic E-state index is 12.5. The molecule has 28 heavy (non-hydrogen) atoms. The summed E-state index contributed by atoms with van der Waals surface area (Å²) < 4.78 is 10.6. The van der Waals surface area contributed by atoms with Crippen LogP contribution in [0.4, 0.5) is 5.69 Å². The molecule has 6 heteroatoms. The molecule has 0 saturated carbocycles. The first-order chi connectivity index (χ1) is 13.6. The molecule has 1 aliphatic heterocycles. The zero-order valence-electron chi connectivity index (χ0n) is 16.9. The zero-order chi connectivity index (χ0) is 19.9. The number of ether oxygens (including phenoxy) is 2. The van der Waals surface area contributed by atoms with Crippen molar-refractivity contribution in [3.05, 3.63) is 47.8 Å². The van der Waals surface area contributed by atoms with E-state index in [0.29, 0.717) is 35.9 Å². The molecule has 0 spiro atoms. The molecule has 1 atom stereocenters. The summed E-state index contributed by atoms with van der Waals surface area (Å²) in [6, 6.07) is 7.73. The average Bonchev–Trinajstić information content (AvgIpc) is 2.73. The highest BCUT2D eigenvalue weighted by atomic mass is 16.5. The SMILES string of the molecule is COc1ccc(CCNC(=O)c2cncc(N3CCCC(C)C3)c2)cc1OC. The number of hydrogen-bond donors (Lipinski definition) is 1. The van der Waals surface area contributed by atoms with Crippen molar-refractivity contribution in [3.8, 4) is 11.5 Å². The lowest BCUT2D eigenvalue weighted by atomic mass is 10.00. The van der Waals surface area contributed by atoms with Crippen LogP contribution in [-0.4, -0.2) is 44.7 Å². The van der Waals surface area contributed by atoms with Gasteiger partial charge in [-0.25, -0.2) is 0 Å². The molecule has 1 amide bonds. The van der Waals surface area contributed by atoms with Gasteiger partial charge in [0, 0.05) is 25.8 Å². The van der Waals surface area contributed by atoms with Crippen molar-refractivity contribution in [3.63, 3.8) is 0 Å². The maximum Gasteiger partial charge on any atom is 0.252 e. The molecule has 1 unspecified atom stereocenters. The summed E-state index contributed by atoms with van der Waals surface area (Å²) in [4.78, 5) is 19.1. The van der Waals surface area contributed by atoms with Crippen molar-refractivity contribution in [1.82, 2.24) is 10.3 Å². The summed E-state index contributed by atoms with van der Waals surface area (Å²) in [6.45, 7) is 4.85. The highest BCUT2D eigenvalue weighted by molar-refractivity contribution is 5.94. The Bertz CT molecular complexity index is 809. The van der Waals surface area contributed by atoms with Crippen LogP contribution in [-0.2, 0) is 6.42 Å². The monoisotopic (exact) mass is 383 g/mol. The minimum absolute atomic E-state index is 0.0973. The molecule has 1 aliphatic rings. The largest absolute Gasteiger partial charge is 0.493 e. The summed E-state index contributed by atoms with van der Waals surface area (Å²) in [5.41, 5.74) is 2.70. The van der Waals surface area contributed by atoms with Crippen LogP contribution in [0.5, 0.6) is 11.5 Å². The van der Waals surface area contributed by atoms with Crippen LogP contribution < -0.4 is 19.7 Å². The lowest BCUT2D eigenvalue weighted by Gasteiger charge is -2.32. The second-order valence-corrected chi connectivity index (χ2v) is 7.32. The Morgan fingerprint density at radius 3 is 2.79 bits per heavy atom. The molecular weight excluding hydrogens is 354 g/mol. The minimum Gasteiger partial charge on any atom is -0.493 e. The van der Waals surface area contributed by atoms with E-state index in [-0.39, 0.29) is 5.91 Å². The normalized spacial score (nSPS) is 16.5. The number of methoxy groups -OCH3 is 2. The first-order valence-corrected chi connectivity index (χ1v) is 9.80. The number of carbonyl (C=O) groups is 1. The molecule has 1 aromatic heterocycles. The van der Waals surface area contributed by atoms with E-state index in [9.17, 15) is 4.79 Å². The molecule has 0 bridgehead atoms. The summed E-state index contributed by atoms with van der Waals surface area (Å²) in [7, 11) is 3.23. The Balaban J connectivity index is 1.57. The van der Waals surface area contributed by atoms with Crippen LogP contribution in [0.1, 0.15) is 35.7 Å². The number of nitrogens with zero attached hydrogens (tertiary/aromatic N) is 2. The smallest absolute Gasteiger partial charge is 0.252 e. The second-order valence-electron chi connectivity index (χ2n) is 7.32. The molecular formula is C22H29N3O3. The summed E-state index contributed by atoms with van der Waals surface area (Å²) in [5.74, 6) is 1.97. The third-order valence-electron chi connectivity index (χ3n) is 5.16. The molecule has 2 aromatic rings. The van der Waals surface area contributed by atoms with E-state index in [2.05, 4.69) is 22.1 Å². The fourth-order valence-electron chi connectivity index (χ4n) is 3.61. The molecule has 1 aromatic carbocycles. The van der Waals surface area contributed by atoms with Gasteiger partial charge in [0.2, 0.25) is 0 Å². The fourth-order valence-corrected chi connectivity index (χ4v) is 3.61. The van der Waals surface area contributed by atoms with Gasteiger partial charge in [-0.15, -0.1) is 0 Å². The third-order valence-corrected chi connectivity index (χ3v) is 5.16. The van der Waals surface area contributed by atoms with Gasteiger partial charge >= 0.3 is 0 Å². The molecule has 0 aliphatic carbocycles.